The molecule has 0 amide bonds. The van der Waals surface area contributed by atoms with Gasteiger partial charge in [-0.1, -0.05) is 286 Å². The summed E-state index contributed by atoms with van der Waals surface area (Å²) in [5, 5.41) is 0. The van der Waals surface area contributed by atoms with Crippen LogP contribution in [-0.2, 0) is 34.6 Å². The highest BCUT2D eigenvalue weighted by molar-refractivity contribution is 7.97. The molecule has 0 bridgehead atoms. The standard InChI is InChI=1S/C36H58I.C20H26I.C18H15S.I/c1-3-5-7-9-11-13-15-17-19-21-27-33-29-23-25-31-35(33)37-36-32-26-24-30-34(36)28-22-20-18-16-14-12-10-8-6-4-2;1-19(2,3)15-7-11-17(12-8-15)21-18-13-9-16(10-14-18)20(4,5)6;1-4-10-16(11-5-1)19(17-12-6-2-7-13-17)18-14-8-3-9-15-18;/h23-26,29-32H,3-22,27-28H2,1-2H3;7-14H,1-6H3;1-15H;/q4*+1. The van der Waals surface area contributed by atoms with E-state index in [0.717, 1.165) is 0 Å². The van der Waals surface area contributed by atoms with Gasteiger partial charge in [-0.15, -0.1) is 0 Å². The number of rotatable bonds is 29. The molecule has 0 aliphatic heterocycles. The summed E-state index contributed by atoms with van der Waals surface area (Å²) in [4.78, 5) is 4.08. The SMILES string of the molecule is CC(C)(C)c1ccc([I+]c2ccc(C(C)(C)C)cc2)cc1.CCCCCCCCCCCCc1ccccc1[I+]c1ccccc1CCCCCCCCCCCC.[I+].c1ccc([S+](c2ccccc2)c2ccccc2)cc1. The van der Waals surface area contributed by atoms with Crippen molar-refractivity contribution in [2.75, 3.05) is 0 Å². The summed E-state index contributed by atoms with van der Waals surface area (Å²) in [5.41, 5.74) is 6.57. The molecule has 0 spiro atoms. The van der Waals surface area contributed by atoms with Gasteiger partial charge in [0.25, 0.3) is 0 Å². The maximum Gasteiger partial charge on any atom is 1.00 e. The lowest BCUT2D eigenvalue weighted by Crippen LogP contribution is -3.62. The first-order valence-electron chi connectivity index (χ1n) is 30.0. The average Bonchev–Trinajstić information content (AvgIpc) is 3.44. The van der Waals surface area contributed by atoms with Gasteiger partial charge >= 0.3 is 66.4 Å². The van der Waals surface area contributed by atoms with E-state index in [2.05, 4.69) is 243 Å². The summed E-state index contributed by atoms with van der Waals surface area (Å²) in [6.07, 6.45) is 30.9. The molecule has 0 fully saturated rings. The van der Waals surface area contributed by atoms with E-state index in [9.17, 15) is 0 Å². The van der Waals surface area contributed by atoms with Crippen molar-refractivity contribution in [3.05, 3.63) is 225 Å². The van der Waals surface area contributed by atoms with Gasteiger partial charge in [0, 0.05) is 11.1 Å². The second kappa shape index (κ2) is 39.5. The Morgan fingerprint density at radius 1 is 0.295 bits per heavy atom. The van der Waals surface area contributed by atoms with Crippen LogP contribution in [0.15, 0.2) is 203 Å². The lowest BCUT2D eigenvalue weighted by Gasteiger charge is -2.18. The van der Waals surface area contributed by atoms with Crippen molar-refractivity contribution < 1.29 is 66.4 Å². The van der Waals surface area contributed by atoms with Crippen LogP contribution in [-0.4, -0.2) is 0 Å². The summed E-state index contributed by atoms with van der Waals surface area (Å²) in [5.74, 6) is 0. The van der Waals surface area contributed by atoms with Gasteiger partial charge in [-0.3, -0.25) is 0 Å². The molecule has 0 saturated heterocycles. The Morgan fingerprint density at radius 3 is 0.859 bits per heavy atom. The monoisotopic (exact) mass is 1400 g/mol. The van der Waals surface area contributed by atoms with E-state index in [1.165, 1.54) is 174 Å². The highest BCUT2D eigenvalue weighted by Crippen LogP contribution is 2.31. The summed E-state index contributed by atoms with van der Waals surface area (Å²) in [6.45, 7) is 18.2. The Bertz CT molecular complexity index is 2340. The van der Waals surface area contributed by atoms with Crippen LogP contribution in [0.4, 0.5) is 0 Å². The van der Waals surface area contributed by atoms with E-state index in [-0.39, 0.29) is 88.1 Å². The number of hydrogen-bond acceptors (Lipinski definition) is 0. The highest BCUT2D eigenvalue weighted by Gasteiger charge is 2.28. The van der Waals surface area contributed by atoms with Crippen LogP contribution in [0.3, 0.4) is 0 Å². The Balaban J connectivity index is 0.000000270. The fourth-order valence-electron chi connectivity index (χ4n) is 9.53. The third kappa shape index (κ3) is 26.8. The Morgan fingerprint density at radius 2 is 0.564 bits per heavy atom. The fraction of sp³-hybridized carbons (Fsp3) is 0.432. The minimum absolute atomic E-state index is 0. The van der Waals surface area contributed by atoms with Crippen LogP contribution in [0.25, 0.3) is 0 Å². The van der Waals surface area contributed by atoms with Gasteiger partial charge in [0.05, 0.1) is 10.9 Å². The van der Waals surface area contributed by atoms with Crippen molar-refractivity contribution in [1.29, 1.82) is 0 Å². The van der Waals surface area contributed by atoms with Crippen LogP contribution in [0, 0.1) is 14.3 Å². The molecule has 7 aromatic rings. The molecule has 0 N–H and O–H groups in total. The number of aryl methyl sites for hydroxylation is 2. The van der Waals surface area contributed by atoms with Crippen molar-refractivity contribution >= 4 is 10.9 Å². The molecule has 78 heavy (non-hydrogen) atoms. The molecule has 2 radical (unpaired) electrons. The minimum atomic E-state index is -0.0947. The summed E-state index contributed by atoms with van der Waals surface area (Å²) >= 11 is -0.165. The Hall–Kier alpha value is -2.92. The van der Waals surface area contributed by atoms with E-state index in [1.807, 2.05) is 0 Å². The van der Waals surface area contributed by atoms with Crippen molar-refractivity contribution in [3.63, 3.8) is 0 Å². The molecule has 0 atom stereocenters. The number of hydrogen-bond donors (Lipinski definition) is 0. The first-order valence-corrected chi connectivity index (χ1v) is 35.6. The highest BCUT2D eigenvalue weighted by atomic mass is 127. The zero-order valence-corrected chi connectivity index (χ0v) is 56.8. The van der Waals surface area contributed by atoms with Gasteiger partial charge in [-0.2, -0.15) is 0 Å². The van der Waals surface area contributed by atoms with Gasteiger partial charge in [-0.05, 0) is 120 Å². The van der Waals surface area contributed by atoms with Crippen LogP contribution in [0.2, 0.25) is 0 Å². The van der Waals surface area contributed by atoms with Gasteiger partial charge in [-0.25, -0.2) is 0 Å². The second-order valence-corrected chi connectivity index (χ2v) is 30.9. The maximum atomic E-state index is 2.43. The van der Waals surface area contributed by atoms with Crippen LogP contribution < -0.4 is 66.4 Å². The normalized spacial score (nSPS) is 11.3. The molecule has 7 aromatic carbocycles. The Labute approximate surface area is 518 Å². The first kappa shape index (κ1) is 67.6. The molecule has 4 heteroatoms. The third-order valence-electron chi connectivity index (χ3n) is 14.3. The zero-order chi connectivity index (χ0) is 54.8. The van der Waals surface area contributed by atoms with E-state index in [0.29, 0.717) is 0 Å². The van der Waals surface area contributed by atoms with Gasteiger partial charge in [0.2, 0.25) is 0 Å². The van der Waals surface area contributed by atoms with E-state index in [1.54, 1.807) is 18.3 Å². The molecule has 0 aliphatic carbocycles. The van der Waals surface area contributed by atoms with Gasteiger partial charge in [0.15, 0.2) is 29.0 Å². The number of benzene rings is 7. The van der Waals surface area contributed by atoms with Crippen LogP contribution in [0.5, 0.6) is 0 Å². The van der Waals surface area contributed by atoms with E-state index >= 15 is 0 Å². The predicted octanol–water partition coefficient (Wildman–Crippen LogP) is 12.9. The molecule has 0 unspecified atom stereocenters. The minimum Gasteiger partial charge on any atom is -0.0654 e. The fourth-order valence-corrected chi connectivity index (χ4v) is 16.8. The number of unbranched alkanes of at least 4 members (excludes halogenated alkanes) is 18. The quantitative estimate of drug-likeness (QED) is 0.0249. The first-order chi connectivity index (χ1) is 37.5. The van der Waals surface area contributed by atoms with Gasteiger partial charge in [0.1, 0.15) is 0 Å². The molecule has 0 nitrogen and oxygen atoms in total. The average molecular weight is 1400 g/mol. The lowest BCUT2D eigenvalue weighted by molar-refractivity contribution is -0.599. The zero-order valence-electron chi connectivity index (χ0n) is 49.5. The predicted molar refractivity (Wildman–Crippen MR) is 331 cm³/mol. The van der Waals surface area contributed by atoms with Crippen molar-refractivity contribution in [1.82, 2.24) is 0 Å². The van der Waals surface area contributed by atoms with E-state index < -0.39 is 0 Å². The smallest absolute Gasteiger partial charge is 0.0654 e. The molecule has 7 rings (SSSR count). The molecular formula is C74H99I3S+4. The van der Waals surface area contributed by atoms with Crippen LogP contribution in [0.1, 0.15) is 206 Å². The van der Waals surface area contributed by atoms with Crippen molar-refractivity contribution in [2.45, 2.75) is 222 Å². The summed E-state index contributed by atoms with van der Waals surface area (Å²) in [7, 11) is -0.0146. The largest absolute Gasteiger partial charge is 1.00 e. The maximum absolute atomic E-state index is 2.43. The molecule has 0 saturated carbocycles. The molecule has 418 valence electrons. The van der Waals surface area contributed by atoms with Crippen LogP contribution >= 0.6 is 0 Å². The molecular weight excluding hydrogens is 1300 g/mol. The Kier molecular flexibility index (Phi) is 34.2. The number of halogens is 3. The third-order valence-corrected chi connectivity index (χ3v) is 22.5. The summed E-state index contributed by atoms with van der Waals surface area (Å²) < 4.78 is 6.30. The van der Waals surface area contributed by atoms with E-state index in [4.69, 9.17) is 0 Å². The second-order valence-electron chi connectivity index (χ2n) is 23.0. The summed E-state index contributed by atoms with van der Waals surface area (Å²) in [6, 6.07) is 69.3. The van der Waals surface area contributed by atoms with Crippen molar-refractivity contribution in [2.24, 2.45) is 0 Å². The van der Waals surface area contributed by atoms with Gasteiger partial charge < -0.3 is 0 Å². The molecule has 0 heterocycles. The van der Waals surface area contributed by atoms with Crippen molar-refractivity contribution in [3.8, 4) is 0 Å². The topological polar surface area (TPSA) is 0 Å². The molecule has 0 aliphatic rings. The lowest BCUT2D eigenvalue weighted by atomic mass is 9.87. The molecule has 0 aromatic heterocycles.